The van der Waals surface area contributed by atoms with Gasteiger partial charge < -0.3 is 0 Å². The van der Waals surface area contributed by atoms with E-state index in [0.29, 0.717) is 5.92 Å². The Morgan fingerprint density at radius 3 is 2.50 bits per heavy atom. The van der Waals surface area contributed by atoms with E-state index in [2.05, 4.69) is 20.8 Å². The van der Waals surface area contributed by atoms with Gasteiger partial charge in [-0.1, -0.05) is 52.8 Å². The lowest BCUT2D eigenvalue weighted by Crippen LogP contribution is -2.51. The van der Waals surface area contributed by atoms with Crippen LogP contribution in [0.25, 0.3) is 0 Å². The number of carbonyl (C=O) groups is 2. The lowest BCUT2D eigenvalue weighted by atomic mass is 9.69. The summed E-state index contributed by atoms with van der Waals surface area (Å²) in [6.07, 6.45) is 2.98. The average molecular weight is 354 g/mol. The molecule has 2 aliphatic carbocycles. The molecule has 1 aromatic carbocycles. The molecule has 140 valence electrons. The van der Waals surface area contributed by atoms with Gasteiger partial charge in [-0.15, -0.1) is 0 Å². The first-order valence-electron chi connectivity index (χ1n) is 9.97. The largest absolute Gasteiger partial charge is 0.331 e. The first-order valence-corrected chi connectivity index (χ1v) is 9.97. The molecule has 0 N–H and O–H groups in total. The number of hydrogen-bond donors (Lipinski definition) is 0. The third-order valence-corrected chi connectivity index (χ3v) is 8.06. The van der Waals surface area contributed by atoms with Crippen molar-refractivity contribution in [2.24, 2.45) is 22.7 Å². The molecule has 3 aliphatic rings. The number of urea groups is 1. The quantitative estimate of drug-likeness (QED) is 0.790. The molecule has 0 unspecified atom stereocenters. The normalized spacial score (nSPS) is 35.7. The van der Waals surface area contributed by atoms with Gasteiger partial charge in [0.1, 0.15) is 0 Å². The van der Waals surface area contributed by atoms with Crippen LogP contribution in [0.5, 0.6) is 0 Å². The third-order valence-electron chi connectivity index (χ3n) is 8.06. The van der Waals surface area contributed by atoms with Crippen LogP contribution in [-0.4, -0.2) is 28.9 Å². The van der Waals surface area contributed by atoms with Crippen molar-refractivity contribution in [3.8, 4) is 0 Å². The molecule has 1 aromatic rings. The maximum atomic E-state index is 13.5. The number of rotatable bonds is 3. The molecule has 0 aromatic heterocycles. The van der Waals surface area contributed by atoms with E-state index in [1.54, 1.807) is 4.90 Å². The highest BCUT2D eigenvalue weighted by Gasteiger charge is 2.73. The summed E-state index contributed by atoms with van der Waals surface area (Å²) in [5.74, 6) is 0.299. The number of imide groups is 1. The van der Waals surface area contributed by atoms with Gasteiger partial charge in [-0.05, 0) is 48.1 Å². The fourth-order valence-electron chi connectivity index (χ4n) is 5.92. The molecule has 26 heavy (non-hydrogen) atoms. The predicted octanol–water partition coefficient (Wildman–Crippen LogP) is 4.69. The van der Waals surface area contributed by atoms with Crippen molar-refractivity contribution in [3.05, 3.63) is 30.3 Å². The Morgan fingerprint density at radius 1 is 1.23 bits per heavy atom. The van der Waals surface area contributed by atoms with Crippen LogP contribution in [0.4, 0.5) is 10.5 Å². The topological polar surface area (TPSA) is 40.6 Å². The van der Waals surface area contributed by atoms with Crippen LogP contribution in [-0.2, 0) is 4.79 Å². The van der Waals surface area contributed by atoms with Crippen LogP contribution in [0.1, 0.15) is 53.9 Å². The predicted molar refractivity (Wildman–Crippen MR) is 103 cm³/mol. The summed E-state index contributed by atoms with van der Waals surface area (Å²) in [4.78, 5) is 30.3. The van der Waals surface area contributed by atoms with E-state index in [1.807, 2.05) is 49.1 Å². The van der Waals surface area contributed by atoms with Gasteiger partial charge in [0.15, 0.2) is 0 Å². The third kappa shape index (κ3) is 1.96. The standard InChI is InChI=1S/C22H30N2O2/c1-6-14(2)19(25)24-18-17(16-12-13-22(18,5)21(16,3)4)23(20(24)26)15-10-8-7-9-11-15/h7-11,14,16-18H,6,12-13H2,1-5H3/t14-,16-,17-,18-,22+/m1/s1. The van der Waals surface area contributed by atoms with Crippen LogP contribution in [0.3, 0.4) is 0 Å². The van der Waals surface area contributed by atoms with E-state index in [0.717, 1.165) is 24.9 Å². The Bertz CT molecular complexity index is 744. The van der Waals surface area contributed by atoms with Crippen molar-refractivity contribution < 1.29 is 9.59 Å². The van der Waals surface area contributed by atoms with Crippen molar-refractivity contribution in [2.75, 3.05) is 4.90 Å². The molecule has 3 fully saturated rings. The number of anilines is 1. The van der Waals surface area contributed by atoms with Crippen molar-refractivity contribution in [3.63, 3.8) is 0 Å². The number of benzene rings is 1. The SMILES string of the molecule is CC[C@@H](C)C(=O)N1C(=O)N(c2ccccc2)[C@@H]2[C@H]3CC[C@@](C)([C@@H]21)C3(C)C. The van der Waals surface area contributed by atoms with Gasteiger partial charge >= 0.3 is 6.03 Å². The zero-order valence-electron chi connectivity index (χ0n) is 16.5. The van der Waals surface area contributed by atoms with E-state index >= 15 is 0 Å². The average Bonchev–Trinajstić information content (AvgIpc) is 3.12. The molecule has 4 rings (SSSR count). The molecule has 0 spiro atoms. The maximum absolute atomic E-state index is 13.5. The highest BCUT2D eigenvalue weighted by Crippen LogP contribution is 2.69. The van der Waals surface area contributed by atoms with Gasteiger partial charge in [0, 0.05) is 11.6 Å². The summed E-state index contributed by atoms with van der Waals surface area (Å²) >= 11 is 0. The Hall–Kier alpha value is -1.84. The fourth-order valence-corrected chi connectivity index (χ4v) is 5.92. The molecule has 1 heterocycles. The second-order valence-electron chi connectivity index (χ2n) is 9.23. The Morgan fingerprint density at radius 2 is 1.88 bits per heavy atom. The van der Waals surface area contributed by atoms with Gasteiger partial charge in [0.05, 0.1) is 12.1 Å². The van der Waals surface area contributed by atoms with Gasteiger partial charge in [0.25, 0.3) is 0 Å². The summed E-state index contributed by atoms with van der Waals surface area (Å²) in [6.45, 7) is 10.9. The van der Waals surface area contributed by atoms with Crippen LogP contribution in [0.15, 0.2) is 30.3 Å². The maximum Gasteiger partial charge on any atom is 0.331 e. The number of amides is 3. The Kier molecular flexibility index (Phi) is 3.77. The molecular formula is C22H30N2O2. The number of para-hydroxylation sites is 1. The minimum Gasteiger partial charge on any atom is -0.288 e. The Labute approximate surface area is 156 Å². The number of carbonyl (C=O) groups excluding carboxylic acids is 2. The van der Waals surface area contributed by atoms with Crippen molar-refractivity contribution in [1.82, 2.24) is 4.90 Å². The molecule has 3 amide bonds. The zero-order valence-corrected chi connectivity index (χ0v) is 16.5. The fraction of sp³-hybridized carbons (Fsp3) is 0.636. The highest BCUT2D eigenvalue weighted by atomic mass is 16.2. The van der Waals surface area contributed by atoms with Crippen LogP contribution >= 0.6 is 0 Å². The molecule has 2 bridgehead atoms. The highest BCUT2D eigenvalue weighted by molar-refractivity contribution is 6.07. The molecule has 5 atom stereocenters. The summed E-state index contributed by atoms with van der Waals surface area (Å²) in [5.41, 5.74) is 1.01. The van der Waals surface area contributed by atoms with Crippen molar-refractivity contribution in [2.45, 2.75) is 66.0 Å². The van der Waals surface area contributed by atoms with E-state index in [9.17, 15) is 9.59 Å². The molecule has 2 saturated carbocycles. The Balaban J connectivity index is 1.85. The second kappa shape index (κ2) is 5.58. The molecule has 1 saturated heterocycles. The molecular weight excluding hydrogens is 324 g/mol. The van der Waals surface area contributed by atoms with Crippen LogP contribution in [0.2, 0.25) is 0 Å². The summed E-state index contributed by atoms with van der Waals surface area (Å²) < 4.78 is 0. The van der Waals surface area contributed by atoms with Gasteiger partial charge in [-0.3, -0.25) is 14.6 Å². The van der Waals surface area contributed by atoms with Crippen molar-refractivity contribution >= 4 is 17.6 Å². The van der Waals surface area contributed by atoms with Crippen LogP contribution in [0, 0.1) is 22.7 Å². The second-order valence-corrected chi connectivity index (χ2v) is 9.23. The summed E-state index contributed by atoms with van der Waals surface area (Å²) in [7, 11) is 0. The van der Waals surface area contributed by atoms with Gasteiger partial charge in [-0.2, -0.15) is 0 Å². The minimum absolute atomic E-state index is 0.00416. The minimum atomic E-state index is -0.124. The smallest absolute Gasteiger partial charge is 0.288 e. The van der Waals surface area contributed by atoms with Gasteiger partial charge in [-0.25, -0.2) is 4.79 Å². The lowest BCUT2D eigenvalue weighted by Gasteiger charge is -2.41. The van der Waals surface area contributed by atoms with E-state index in [1.165, 1.54) is 0 Å². The zero-order chi connectivity index (χ0) is 18.9. The molecule has 4 nitrogen and oxygen atoms in total. The lowest BCUT2D eigenvalue weighted by molar-refractivity contribution is -0.135. The molecule has 4 heteroatoms. The van der Waals surface area contributed by atoms with E-state index < -0.39 is 0 Å². The summed E-state index contributed by atoms with van der Waals surface area (Å²) in [5, 5.41) is 0. The van der Waals surface area contributed by atoms with Crippen LogP contribution < -0.4 is 4.90 Å². The summed E-state index contributed by atoms with van der Waals surface area (Å²) in [6, 6.07) is 9.84. The molecule has 0 radical (unpaired) electrons. The van der Waals surface area contributed by atoms with E-state index in [4.69, 9.17) is 0 Å². The van der Waals surface area contributed by atoms with Crippen molar-refractivity contribution in [1.29, 1.82) is 0 Å². The first-order chi connectivity index (χ1) is 12.3. The number of hydrogen-bond acceptors (Lipinski definition) is 2. The number of fused-ring (bicyclic) bond motifs is 5. The van der Waals surface area contributed by atoms with Gasteiger partial charge in [0.2, 0.25) is 5.91 Å². The monoisotopic (exact) mass is 354 g/mol. The number of nitrogens with zero attached hydrogens (tertiary/aromatic N) is 2. The van der Waals surface area contributed by atoms with E-state index in [-0.39, 0.29) is 40.8 Å². The first kappa shape index (κ1) is 17.6. The molecule has 1 aliphatic heterocycles.